The average molecular weight is 432 g/mol. The van der Waals surface area contributed by atoms with Crippen LogP contribution in [0.15, 0.2) is 59.1 Å². The first-order valence-corrected chi connectivity index (χ1v) is 9.51. The van der Waals surface area contributed by atoms with E-state index in [-0.39, 0.29) is 18.3 Å². The second kappa shape index (κ2) is 7.73. The van der Waals surface area contributed by atoms with Crippen molar-refractivity contribution >= 4 is 6.09 Å². The van der Waals surface area contributed by atoms with Gasteiger partial charge in [-0.3, -0.25) is 0 Å². The summed E-state index contributed by atoms with van der Waals surface area (Å²) in [7, 11) is 0. The van der Waals surface area contributed by atoms with Crippen LogP contribution in [0.1, 0.15) is 28.7 Å². The Hall–Kier alpha value is -3.33. The van der Waals surface area contributed by atoms with Crippen molar-refractivity contribution in [3.05, 3.63) is 77.5 Å². The molecule has 2 aromatic carbocycles. The molecular weight excluding hydrogens is 413 g/mol. The molecule has 0 fully saturated rings. The number of hydrogen-bond donors (Lipinski definition) is 2. The summed E-state index contributed by atoms with van der Waals surface area (Å²) in [5.74, 6) is -1.09. The Labute approximate surface area is 175 Å². The molecule has 0 spiro atoms. The first-order chi connectivity index (χ1) is 14.7. The molecule has 0 radical (unpaired) electrons. The third-order valence-electron chi connectivity index (χ3n) is 5.28. The van der Waals surface area contributed by atoms with E-state index in [0.29, 0.717) is 0 Å². The SMILES string of the molecule is Cc1cnc(C(O)(CNC(=O)OCC2c3ccccc3-c3ccccc32)C(F)(F)F)o1. The number of hydrogen-bond acceptors (Lipinski definition) is 5. The van der Waals surface area contributed by atoms with Gasteiger partial charge < -0.3 is 19.6 Å². The topological polar surface area (TPSA) is 84.6 Å². The second-order valence-electron chi connectivity index (χ2n) is 7.31. The van der Waals surface area contributed by atoms with Gasteiger partial charge in [0.1, 0.15) is 12.4 Å². The lowest BCUT2D eigenvalue weighted by Gasteiger charge is -2.27. The summed E-state index contributed by atoms with van der Waals surface area (Å²) >= 11 is 0. The van der Waals surface area contributed by atoms with Crippen molar-refractivity contribution < 1.29 is 32.2 Å². The van der Waals surface area contributed by atoms with E-state index >= 15 is 0 Å². The van der Waals surface area contributed by atoms with Gasteiger partial charge in [0.2, 0.25) is 5.89 Å². The molecule has 162 valence electrons. The van der Waals surface area contributed by atoms with Gasteiger partial charge in [-0.2, -0.15) is 13.2 Å². The Bertz CT molecular complexity index is 1070. The predicted octanol–water partition coefficient (Wildman–Crippen LogP) is 4.27. The zero-order chi connectivity index (χ0) is 22.2. The molecule has 6 nitrogen and oxygen atoms in total. The molecule has 0 aliphatic heterocycles. The fourth-order valence-electron chi connectivity index (χ4n) is 3.69. The Morgan fingerprint density at radius 2 is 1.71 bits per heavy atom. The maximum absolute atomic E-state index is 13.5. The second-order valence-corrected chi connectivity index (χ2v) is 7.31. The Morgan fingerprint density at radius 1 is 1.13 bits per heavy atom. The lowest BCUT2D eigenvalue weighted by atomic mass is 9.98. The van der Waals surface area contributed by atoms with Gasteiger partial charge in [0.05, 0.1) is 12.7 Å². The molecule has 1 aromatic heterocycles. The molecule has 4 rings (SSSR count). The minimum Gasteiger partial charge on any atom is -0.449 e. The van der Waals surface area contributed by atoms with Crippen molar-refractivity contribution in [3.63, 3.8) is 0 Å². The summed E-state index contributed by atoms with van der Waals surface area (Å²) in [6.07, 6.45) is -5.16. The van der Waals surface area contributed by atoms with E-state index < -0.39 is 30.3 Å². The molecule has 1 heterocycles. The van der Waals surface area contributed by atoms with E-state index in [4.69, 9.17) is 9.15 Å². The number of alkyl carbamates (subject to hydrolysis) is 1. The number of alkyl halides is 3. The number of rotatable bonds is 5. The van der Waals surface area contributed by atoms with Crippen LogP contribution in [-0.2, 0) is 10.3 Å². The van der Waals surface area contributed by atoms with Crippen LogP contribution >= 0.6 is 0 Å². The van der Waals surface area contributed by atoms with Gasteiger partial charge in [-0.15, -0.1) is 0 Å². The van der Waals surface area contributed by atoms with Crippen LogP contribution in [0, 0.1) is 6.92 Å². The number of oxazole rings is 1. The Kier molecular flexibility index (Phi) is 5.22. The molecule has 31 heavy (non-hydrogen) atoms. The number of halogens is 3. The van der Waals surface area contributed by atoms with E-state index in [1.165, 1.54) is 6.92 Å². The fraction of sp³-hybridized carbons (Fsp3) is 0.273. The van der Waals surface area contributed by atoms with Crippen LogP contribution in [0.25, 0.3) is 11.1 Å². The highest BCUT2D eigenvalue weighted by molar-refractivity contribution is 5.79. The lowest BCUT2D eigenvalue weighted by molar-refractivity contribution is -0.271. The molecule has 0 saturated carbocycles. The van der Waals surface area contributed by atoms with Crippen molar-refractivity contribution in [2.75, 3.05) is 13.2 Å². The molecule has 0 bridgehead atoms. The molecule has 0 saturated heterocycles. The molecule has 1 amide bonds. The number of aromatic nitrogens is 1. The van der Waals surface area contributed by atoms with Crippen LogP contribution < -0.4 is 5.32 Å². The number of nitrogens with one attached hydrogen (secondary N) is 1. The maximum Gasteiger partial charge on any atom is 0.428 e. The van der Waals surface area contributed by atoms with Crippen molar-refractivity contribution in [3.8, 4) is 11.1 Å². The zero-order valence-corrected chi connectivity index (χ0v) is 16.4. The van der Waals surface area contributed by atoms with E-state index in [9.17, 15) is 23.1 Å². The number of aliphatic hydroxyl groups is 1. The minimum absolute atomic E-state index is 0.0670. The number of carbonyl (C=O) groups excluding carboxylic acids is 1. The summed E-state index contributed by atoms with van der Waals surface area (Å²) in [6, 6.07) is 15.4. The number of fused-ring (bicyclic) bond motifs is 3. The number of nitrogens with zero attached hydrogens (tertiary/aromatic N) is 1. The quantitative estimate of drug-likeness (QED) is 0.629. The van der Waals surface area contributed by atoms with Crippen molar-refractivity contribution in [1.29, 1.82) is 0 Å². The van der Waals surface area contributed by atoms with E-state index in [1.807, 2.05) is 53.8 Å². The first kappa shape index (κ1) is 20.9. The lowest BCUT2D eigenvalue weighted by Crippen LogP contribution is -2.51. The molecule has 1 aliphatic carbocycles. The third-order valence-corrected chi connectivity index (χ3v) is 5.28. The Morgan fingerprint density at radius 3 is 2.23 bits per heavy atom. The third kappa shape index (κ3) is 3.76. The van der Waals surface area contributed by atoms with Crippen LogP contribution in [0.4, 0.5) is 18.0 Å². The monoisotopic (exact) mass is 432 g/mol. The summed E-state index contributed by atoms with van der Waals surface area (Å²) in [5.41, 5.74) is 0.514. The number of benzene rings is 2. The van der Waals surface area contributed by atoms with Gasteiger partial charge in [-0.05, 0) is 29.2 Å². The van der Waals surface area contributed by atoms with Crippen molar-refractivity contribution in [2.45, 2.75) is 24.6 Å². The highest BCUT2D eigenvalue weighted by Crippen LogP contribution is 2.44. The first-order valence-electron chi connectivity index (χ1n) is 9.51. The van der Waals surface area contributed by atoms with Crippen LogP contribution in [0.3, 0.4) is 0 Å². The molecule has 3 aromatic rings. The largest absolute Gasteiger partial charge is 0.449 e. The molecule has 9 heteroatoms. The Balaban J connectivity index is 1.45. The number of carbonyl (C=O) groups is 1. The highest BCUT2D eigenvalue weighted by atomic mass is 19.4. The minimum atomic E-state index is -5.12. The fourth-order valence-corrected chi connectivity index (χ4v) is 3.69. The van der Waals surface area contributed by atoms with Crippen molar-refractivity contribution in [2.24, 2.45) is 0 Å². The van der Waals surface area contributed by atoms with E-state index in [0.717, 1.165) is 28.5 Å². The van der Waals surface area contributed by atoms with Crippen LogP contribution in [0.2, 0.25) is 0 Å². The molecule has 1 unspecified atom stereocenters. The van der Waals surface area contributed by atoms with Crippen LogP contribution in [0.5, 0.6) is 0 Å². The standard InChI is InChI=1S/C22H19F3N2O4/c1-13-10-26-19(31-13)21(29,22(23,24)25)12-27-20(28)30-11-18-16-8-4-2-6-14(16)15-7-3-5-9-17(15)18/h2-10,18,29H,11-12H2,1H3,(H,27,28). The number of ether oxygens (including phenoxy) is 1. The highest BCUT2D eigenvalue weighted by Gasteiger charge is 2.59. The van der Waals surface area contributed by atoms with Crippen LogP contribution in [-0.4, -0.2) is 35.5 Å². The summed E-state index contributed by atoms with van der Waals surface area (Å²) in [4.78, 5) is 15.6. The molecule has 1 atom stereocenters. The van der Waals surface area contributed by atoms with Gasteiger partial charge in [-0.1, -0.05) is 48.5 Å². The molecular formula is C22H19F3N2O4. The molecule has 2 N–H and O–H groups in total. The van der Waals surface area contributed by atoms with Gasteiger partial charge in [0, 0.05) is 5.92 Å². The van der Waals surface area contributed by atoms with Gasteiger partial charge in [0.25, 0.3) is 5.60 Å². The number of aryl methyl sites for hydroxylation is 1. The van der Waals surface area contributed by atoms with E-state index in [2.05, 4.69) is 4.98 Å². The summed E-state index contributed by atoms with van der Waals surface area (Å²) in [5, 5.41) is 12.1. The van der Waals surface area contributed by atoms with Gasteiger partial charge >= 0.3 is 12.3 Å². The van der Waals surface area contributed by atoms with E-state index in [1.54, 1.807) is 0 Å². The van der Waals surface area contributed by atoms with Gasteiger partial charge in [0.15, 0.2) is 0 Å². The smallest absolute Gasteiger partial charge is 0.428 e. The van der Waals surface area contributed by atoms with Gasteiger partial charge in [-0.25, -0.2) is 9.78 Å². The van der Waals surface area contributed by atoms with Crippen molar-refractivity contribution in [1.82, 2.24) is 10.3 Å². The molecule has 1 aliphatic rings. The zero-order valence-electron chi connectivity index (χ0n) is 16.4. The average Bonchev–Trinajstić information content (AvgIpc) is 3.31. The predicted molar refractivity (Wildman–Crippen MR) is 104 cm³/mol. The number of amides is 1. The summed E-state index contributed by atoms with van der Waals surface area (Å²) in [6.45, 7) is 0.127. The summed E-state index contributed by atoms with van der Waals surface area (Å²) < 4.78 is 50.5. The maximum atomic E-state index is 13.5. The normalized spacial score (nSPS) is 15.1.